The molecule has 17 heavy (non-hydrogen) atoms. The average molecular weight is 235 g/mol. The molecule has 94 valence electrons. The van der Waals surface area contributed by atoms with Gasteiger partial charge in [0.25, 0.3) is 0 Å². The van der Waals surface area contributed by atoms with Crippen LogP contribution in [0.5, 0.6) is 0 Å². The summed E-state index contributed by atoms with van der Waals surface area (Å²) >= 11 is 0. The van der Waals surface area contributed by atoms with Gasteiger partial charge in [-0.15, -0.1) is 0 Å². The summed E-state index contributed by atoms with van der Waals surface area (Å²) in [5.41, 5.74) is 1.10. The minimum Gasteiger partial charge on any atom is -0.316 e. The summed E-state index contributed by atoms with van der Waals surface area (Å²) < 4.78 is 13.2. The van der Waals surface area contributed by atoms with E-state index in [-0.39, 0.29) is 5.82 Å². The normalized spacial score (nSPS) is 26.1. The van der Waals surface area contributed by atoms with Gasteiger partial charge in [0.15, 0.2) is 0 Å². The number of halogens is 1. The van der Waals surface area contributed by atoms with E-state index in [2.05, 4.69) is 12.2 Å². The molecule has 1 aromatic rings. The van der Waals surface area contributed by atoms with Gasteiger partial charge in [-0.3, -0.25) is 0 Å². The van der Waals surface area contributed by atoms with Crippen molar-refractivity contribution in [2.75, 3.05) is 7.05 Å². The molecular formula is C15H22FN. The zero-order chi connectivity index (χ0) is 12.3. The summed E-state index contributed by atoms with van der Waals surface area (Å²) in [5.74, 6) is 1.40. The summed E-state index contributed by atoms with van der Waals surface area (Å²) in [5, 5.41) is 3.42. The van der Waals surface area contributed by atoms with Gasteiger partial charge < -0.3 is 5.32 Å². The Morgan fingerprint density at radius 2 is 2.24 bits per heavy atom. The smallest absolute Gasteiger partial charge is 0.123 e. The van der Waals surface area contributed by atoms with Crippen LogP contribution in [-0.4, -0.2) is 13.1 Å². The van der Waals surface area contributed by atoms with E-state index in [1.54, 1.807) is 12.1 Å². The van der Waals surface area contributed by atoms with Gasteiger partial charge in [0, 0.05) is 6.04 Å². The number of hydrogen-bond donors (Lipinski definition) is 1. The second-order valence-corrected chi connectivity index (χ2v) is 5.30. The Bertz CT molecular complexity index is 364. The van der Waals surface area contributed by atoms with E-state index in [1.165, 1.54) is 25.3 Å². The molecule has 1 aliphatic rings. The van der Waals surface area contributed by atoms with Crippen LogP contribution in [0, 0.1) is 17.7 Å². The molecule has 0 amide bonds. The lowest BCUT2D eigenvalue weighted by atomic mass is 9.86. The third-order valence-electron chi connectivity index (χ3n) is 4.16. The highest BCUT2D eigenvalue weighted by Crippen LogP contribution is 2.34. The molecule has 1 fully saturated rings. The topological polar surface area (TPSA) is 12.0 Å². The Morgan fingerprint density at radius 1 is 1.41 bits per heavy atom. The highest BCUT2D eigenvalue weighted by molar-refractivity contribution is 5.17. The fourth-order valence-corrected chi connectivity index (χ4v) is 3.16. The Morgan fingerprint density at radius 3 is 2.82 bits per heavy atom. The molecule has 3 unspecified atom stereocenters. The van der Waals surface area contributed by atoms with Crippen LogP contribution in [0.4, 0.5) is 4.39 Å². The molecule has 2 rings (SSSR count). The fraction of sp³-hybridized carbons (Fsp3) is 0.600. The first-order valence-electron chi connectivity index (χ1n) is 6.62. The second kappa shape index (κ2) is 5.63. The zero-order valence-electron chi connectivity index (χ0n) is 10.7. The number of nitrogens with one attached hydrogen (secondary N) is 1. The molecule has 1 saturated carbocycles. The van der Waals surface area contributed by atoms with Crippen LogP contribution < -0.4 is 5.32 Å². The first-order valence-corrected chi connectivity index (χ1v) is 6.62. The highest BCUT2D eigenvalue weighted by Gasteiger charge is 2.29. The van der Waals surface area contributed by atoms with Crippen molar-refractivity contribution >= 4 is 0 Å². The molecule has 1 aromatic carbocycles. The Kier molecular flexibility index (Phi) is 4.16. The van der Waals surface area contributed by atoms with Gasteiger partial charge in [-0.05, 0) is 49.4 Å². The van der Waals surface area contributed by atoms with Crippen molar-refractivity contribution in [3.05, 3.63) is 35.6 Å². The van der Waals surface area contributed by atoms with Crippen LogP contribution in [0.2, 0.25) is 0 Å². The predicted molar refractivity (Wildman–Crippen MR) is 69.5 cm³/mol. The van der Waals surface area contributed by atoms with E-state index >= 15 is 0 Å². The van der Waals surface area contributed by atoms with Crippen LogP contribution >= 0.6 is 0 Å². The molecular weight excluding hydrogens is 213 g/mol. The lowest BCUT2D eigenvalue weighted by molar-refractivity contribution is 0.308. The third-order valence-corrected chi connectivity index (χ3v) is 4.16. The summed E-state index contributed by atoms with van der Waals surface area (Å²) in [4.78, 5) is 0. The van der Waals surface area contributed by atoms with Gasteiger partial charge in [-0.25, -0.2) is 4.39 Å². The SMILES string of the molecule is CNC(Cc1cccc(F)c1)C1CCCC1C. The average Bonchev–Trinajstić information content (AvgIpc) is 2.72. The van der Waals surface area contributed by atoms with Gasteiger partial charge in [0.1, 0.15) is 5.82 Å². The number of benzene rings is 1. The van der Waals surface area contributed by atoms with E-state index in [9.17, 15) is 4.39 Å². The third kappa shape index (κ3) is 3.06. The minimum atomic E-state index is -0.128. The van der Waals surface area contributed by atoms with Crippen LogP contribution in [0.15, 0.2) is 24.3 Å². The van der Waals surface area contributed by atoms with Crippen molar-refractivity contribution in [1.82, 2.24) is 5.32 Å². The molecule has 0 heterocycles. The van der Waals surface area contributed by atoms with Crippen LogP contribution in [-0.2, 0) is 6.42 Å². The Hall–Kier alpha value is -0.890. The van der Waals surface area contributed by atoms with E-state index < -0.39 is 0 Å². The molecule has 0 saturated heterocycles. The molecule has 0 bridgehead atoms. The maximum absolute atomic E-state index is 13.2. The first-order chi connectivity index (χ1) is 8.20. The van der Waals surface area contributed by atoms with E-state index in [0.29, 0.717) is 6.04 Å². The van der Waals surface area contributed by atoms with Crippen molar-refractivity contribution in [2.45, 2.75) is 38.6 Å². The largest absolute Gasteiger partial charge is 0.316 e. The lowest BCUT2D eigenvalue weighted by Gasteiger charge is -2.26. The number of rotatable bonds is 4. The van der Waals surface area contributed by atoms with Crippen LogP contribution in [0.25, 0.3) is 0 Å². The van der Waals surface area contributed by atoms with E-state index in [0.717, 1.165) is 23.8 Å². The van der Waals surface area contributed by atoms with Gasteiger partial charge in [-0.1, -0.05) is 31.9 Å². The van der Waals surface area contributed by atoms with Crippen molar-refractivity contribution in [3.63, 3.8) is 0 Å². The second-order valence-electron chi connectivity index (χ2n) is 5.30. The molecule has 0 radical (unpaired) electrons. The monoisotopic (exact) mass is 235 g/mol. The quantitative estimate of drug-likeness (QED) is 0.843. The van der Waals surface area contributed by atoms with E-state index in [4.69, 9.17) is 0 Å². The summed E-state index contributed by atoms with van der Waals surface area (Å²) in [6, 6.07) is 7.47. The van der Waals surface area contributed by atoms with E-state index in [1.807, 2.05) is 13.1 Å². The van der Waals surface area contributed by atoms with Crippen molar-refractivity contribution in [2.24, 2.45) is 11.8 Å². The molecule has 0 aliphatic heterocycles. The Labute approximate surface area is 103 Å². The summed E-state index contributed by atoms with van der Waals surface area (Å²) in [6.07, 6.45) is 4.92. The molecule has 1 nitrogen and oxygen atoms in total. The predicted octanol–water partition coefficient (Wildman–Crippen LogP) is 3.39. The van der Waals surface area contributed by atoms with Gasteiger partial charge in [0.05, 0.1) is 0 Å². The molecule has 0 aromatic heterocycles. The molecule has 0 spiro atoms. The molecule has 1 N–H and O–H groups in total. The fourth-order valence-electron chi connectivity index (χ4n) is 3.16. The van der Waals surface area contributed by atoms with Crippen molar-refractivity contribution in [1.29, 1.82) is 0 Å². The van der Waals surface area contributed by atoms with Crippen LogP contribution in [0.1, 0.15) is 31.7 Å². The van der Waals surface area contributed by atoms with Gasteiger partial charge >= 0.3 is 0 Å². The number of likely N-dealkylation sites (N-methyl/N-ethyl adjacent to an activating group) is 1. The summed E-state index contributed by atoms with van der Waals surface area (Å²) in [6.45, 7) is 2.34. The molecule has 2 heteroatoms. The highest BCUT2D eigenvalue weighted by atomic mass is 19.1. The van der Waals surface area contributed by atoms with Crippen molar-refractivity contribution < 1.29 is 4.39 Å². The standard InChI is InChI=1S/C15H22FN/c1-11-5-3-8-14(11)15(17-2)10-12-6-4-7-13(16)9-12/h4,6-7,9,11,14-15,17H,3,5,8,10H2,1-2H3. The number of hydrogen-bond acceptors (Lipinski definition) is 1. The lowest BCUT2D eigenvalue weighted by Crippen LogP contribution is -2.36. The van der Waals surface area contributed by atoms with Crippen LogP contribution in [0.3, 0.4) is 0 Å². The zero-order valence-corrected chi connectivity index (χ0v) is 10.7. The summed E-state index contributed by atoms with van der Waals surface area (Å²) in [7, 11) is 2.02. The van der Waals surface area contributed by atoms with Gasteiger partial charge in [-0.2, -0.15) is 0 Å². The minimum absolute atomic E-state index is 0.128. The van der Waals surface area contributed by atoms with Gasteiger partial charge in [0.2, 0.25) is 0 Å². The first kappa shape index (κ1) is 12.6. The maximum Gasteiger partial charge on any atom is 0.123 e. The molecule has 1 aliphatic carbocycles. The molecule has 3 atom stereocenters. The maximum atomic E-state index is 13.2. The van der Waals surface area contributed by atoms with Crippen molar-refractivity contribution in [3.8, 4) is 0 Å². The Balaban J connectivity index is 2.04.